The number of Topliss-reactive ketones (excluding diaryl/α,β-unsaturated/α-hetero) is 2. The molecule has 18 nitrogen and oxygen atoms in total. The molecule has 0 saturated carbocycles. The molecule has 0 aliphatic rings. The largest absolute Gasteiger partial charge is 0.461 e. The van der Waals surface area contributed by atoms with Crippen LogP contribution < -0.4 is 0 Å². The second-order valence-corrected chi connectivity index (χ2v) is 17.7. The van der Waals surface area contributed by atoms with E-state index in [1.165, 1.54) is 51.8 Å². The normalized spacial score (nSPS) is 10.7. The Kier molecular flexibility index (Phi) is 17.6. The van der Waals surface area contributed by atoms with E-state index in [0.29, 0.717) is 62.0 Å². The Hall–Kier alpha value is -7.70. The Morgan fingerprint density at radius 1 is 0.563 bits per heavy atom. The average molecular weight is 1030 g/mol. The summed E-state index contributed by atoms with van der Waals surface area (Å²) in [5, 5.41) is 10.3. The minimum Gasteiger partial charge on any atom is -0.461 e. The number of aryl methyl sites for hydroxylation is 5. The van der Waals surface area contributed by atoms with Gasteiger partial charge in [0.2, 0.25) is 5.78 Å². The van der Waals surface area contributed by atoms with Crippen molar-refractivity contribution in [2.75, 3.05) is 19.8 Å². The van der Waals surface area contributed by atoms with Crippen molar-refractivity contribution in [1.29, 1.82) is 0 Å². The number of ketones is 2. The number of hydrogen-bond acceptors (Lipinski definition) is 19. The number of thiazole rings is 3. The summed E-state index contributed by atoms with van der Waals surface area (Å²) >= 11 is 3.80. The summed E-state index contributed by atoms with van der Waals surface area (Å²) in [4.78, 5) is 85.2. The number of halogens is 3. The molecular formula is C47H43F3N10O8S3. The zero-order valence-electron chi connectivity index (χ0n) is 39.3. The van der Waals surface area contributed by atoms with Gasteiger partial charge in [-0.25, -0.2) is 42.5 Å². The van der Waals surface area contributed by atoms with Crippen molar-refractivity contribution in [1.82, 2.24) is 49.5 Å². The molecule has 8 aromatic rings. The lowest BCUT2D eigenvalue weighted by Crippen LogP contribution is -2.20. The van der Waals surface area contributed by atoms with Crippen LogP contribution in [0.4, 0.5) is 13.2 Å². The van der Waals surface area contributed by atoms with Crippen LogP contribution in [0.2, 0.25) is 0 Å². The third-order valence-electron chi connectivity index (χ3n) is 9.52. The molecule has 0 bridgehead atoms. The Balaban J connectivity index is 0.000000174. The minimum atomic E-state index is -1.03. The molecule has 0 amide bonds. The van der Waals surface area contributed by atoms with Crippen molar-refractivity contribution in [3.8, 4) is 52.9 Å². The molecule has 0 spiro atoms. The van der Waals surface area contributed by atoms with Crippen molar-refractivity contribution in [2.45, 2.75) is 48.0 Å². The summed E-state index contributed by atoms with van der Waals surface area (Å²) in [5.74, 6) is -4.67. The summed E-state index contributed by atoms with van der Waals surface area (Å²) < 4.78 is 57.5. The van der Waals surface area contributed by atoms with Crippen molar-refractivity contribution >= 4 is 63.5 Å². The average Bonchev–Trinajstić information content (AvgIpc) is 4.18. The molecule has 368 valence electrons. The number of aromatic nitrogens is 10. The molecule has 0 unspecified atom stereocenters. The van der Waals surface area contributed by atoms with Crippen LogP contribution in [-0.4, -0.2) is 98.8 Å². The van der Waals surface area contributed by atoms with Gasteiger partial charge in [-0.05, 0) is 71.9 Å². The maximum atomic E-state index is 13.4. The summed E-state index contributed by atoms with van der Waals surface area (Å²) in [6.45, 7) is 11.0. The van der Waals surface area contributed by atoms with E-state index in [9.17, 15) is 37.1 Å². The molecule has 0 aliphatic carbocycles. The first kappa shape index (κ1) is 52.7. The highest BCUT2D eigenvalue weighted by Crippen LogP contribution is 2.37. The van der Waals surface area contributed by atoms with Crippen LogP contribution in [0.15, 0.2) is 67.5 Å². The summed E-state index contributed by atoms with van der Waals surface area (Å²) in [6.07, 6.45) is 7.34. The SMILES string of the molecule is CCOC(=O)C(=O)CC(=O)c1sc(-c2cncc(F)c2)nc1C.CCOC(=O)c1cc(-c2sc(-c3cncc(F)c3)nc2C)n(C)n1.CCOC(=O)c1cc(-c2sc(-c3cncc(F)c3)nc2C)nn1C. The zero-order valence-corrected chi connectivity index (χ0v) is 41.7. The van der Waals surface area contributed by atoms with E-state index in [4.69, 9.17) is 9.47 Å². The van der Waals surface area contributed by atoms with Crippen molar-refractivity contribution in [2.24, 2.45) is 14.1 Å². The third-order valence-corrected chi connectivity index (χ3v) is 13.2. The molecule has 8 rings (SSSR count). The lowest BCUT2D eigenvalue weighted by atomic mass is 10.1. The van der Waals surface area contributed by atoms with E-state index in [1.54, 1.807) is 71.0 Å². The van der Waals surface area contributed by atoms with Crippen LogP contribution in [0.3, 0.4) is 0 Å². The van der Waals surface area contributed by atoms with Crippen molar-refractivity contribution in [3.05, 3.63) is 118 Å². The van der Waals surface area contributed by atoms with E-state index in [1.807, 2.05) is 13.8 Å². The van der Waals surface area contributed by atoms with Gasteiger partial charge in [-0.15, -0.1) is 34.0 Å². The smallest absolute Gasteiger partial charge is 0.375 e. The monoisotopic (exact) mass is 1030 g/mol. The fourth-order valence-electron chi connectivity index (χ4n) is 6.35. The maximum Gasteiger partial charge on any atom is 0.375 e. The van der Waals surface area contributed by atoms with E-state index >= 15 is 0 Å². The highest BCUT2D eigenvalue weighted by atomic mass is 32.1. The number of carbonyl (C=O) groups excluding carboxylic acids is 5. The van der Waals surface area contributed by atoms with Gasteiger partial charge in [0.15, 0.2) is 11.5 Å². The molecule has 0 N–H and O–H groups in total. The lowest BCUT2D eigenvalue weighted by molar-refractivity contribution is -0.153. The molecule has 0 atom stereocenters. The highest BCUT2D eigenvalue weighted by Gasteiger charge is 2.25. The van der Waals surface area contributed by atoms with Crippen LogP contribution in [0, 0.1) is 38.2 Å². The minimum absolute atomic E-state index is 0.0646. The third kappa shape index (κ3) is 13.1. The summed E-state index contributed by atoms with van der Waals surface area (Å²) in [6, 6.07) is 7.38. The molecule has 71 heavy (non-hydrogen) atoms. The molecule has 0 aliphatic heterocycles. The van der Waals surface area contributed by atoms with Gasteiger partial charge >= 0.3 is 17.9 Å². The first-order chi connectivity index (χ1) is 33.9. The number of ether oxygens (including phenoxy) is 3. The van der Waals surface area contributed by atoms with Crippen LogP contribution >= 0.6 is 34.0 Å². The molecule has 0 fully saturated rings. The summed E-state index contributed by atoms with van der Waals surface area (Å²) in [5.41, 5.74) is 5.60. The molecular weight excluding hydrogens is 986 g/mol. The fraction of sp³-hybridized carbons (Fsp3) is 0.255. The van der Waals surface area contributed by atoms with E-state index in [0.717, 1.165) is 56.8 Å². The predicted octanol–water partition coefficient (Wildman–Crippen LogP) is 8.82. The van der Waals surface area contributed by atoms with Crippen molar-refractivity contribution < 1.29 is 51.4 Å². The molecule has 0 radical (unpaired) electrons. The molecule has 8 aromatic heterocycles. The topological polar surface area (TPSA) is 226 Å². The predicted molar refractivity (Wildman–Crippen MR) is 257 cm³/mol. The van der Waals surface area contributed by atoms with Gasteiger partial charge in [0, 0.05) is 49.4 Å². The Bertz CT molecular complexity index is 3250. The lowest BCUT2D eigenvalue weighted by Gasteiger charge is -1.99. The first-order valence-corrected chi connectivity index (χ1v) is 23.8. The van der Waals surface area contributed by atoms with E-state index in [-0.39, 0.29) is 17.2 Å². The Labute approximate surface area is 415 Å². The van der Waals surface area contributed by atoms with Crippen molar-refractivity contribution in [3.63, 3.8) is 0 Å². The van der Waals surface area contributed by atoms with Gasteiger partial charge in [-0.2, -0.15) is 10.2 Å². The molecule has 8 heterocycles. The van der Waals surface area contributed by atoms with Gasteiger partial charge in [0.1, 0.15) is 43.9 Å². The Morgan fingerprint density at radius 3 is 1.56 bits per heavy atom. The Morgan fingerprint density at radius 2 is 1.04 bits per heavy atom. The van der Waals surface area contributed by atoms with Gasteiger partial charge in [-0.1, -0.05) is 0 Å². The molecule has 24 heteroatoms. The van der Waals surface area contributed by atoms with Crippen LogP contribution in [-0.2, 0) is 37.9 Å². The van der Waals surface area contributed by atoms with Crippen LogP contribution in [0.25, 0.3) is 52.9 Å². The second-order valence-electron chi connectivity index (χ2n) is 14.7. The van der Waals surface area contributed by atoms with Gasteiger partial charge in [0.05, 0.1) is 82.2 Å². The number of rotatable bonds is 14. The van der Waals surface area contributed by atoms with E-state index < -0.39 is 53.3 Å². The van der Waals surface area contributed by atoms with Crippen LogP contribution in [0.1, 0.15) is 74.9 Å². The fourth-order valence-corrected chi connectivity index (χ4v) is 9.43. The second kappa shape index (κ2) is 23.7. The molecule has 0 saturated heterocycles. The van der Waals surface area contributed by atoms with Gasteiger partial charge in [0.25, 0.3) is 0 Å². The number of carbonyl (C=O) groups is 5. The molecule has 0 aromatic carbocycles. The standard InChI is InChI=1S/2C16H15FN4O2S.C15H13FN2O4S/c1-4-23-16(22)12-6-13(21(3)20-12)14-9(2)19-15(24-14)10-5-11(17)8-18-7-10;1-4-23-16(22)13-6-12(20-21(13)3)14-9(2)19-15(24-14)10-5-11(17)8-18-7-10;1-3-22-15(21)12(20)5-11(19)13-8(2)18-14(23-13)9-4-10(16)7-17-6-9/h2*5-8H,4H2,1-3H3;4,6-7H,3,5H2,1-2H3. The van der Waals surface area contributed by atoms with Gasteiger partial charge in [-0.3, -0.25) is 33.9 Å². The maximum absolute atomic E-state index is 13.4. The van der Waals surface area contributed by atoms with Gasteiger partial charge < -0.3 is 14.2 Å². The van der Waals surface area contributed by atoms with E-state index in [2.05, 4.69) is 44.8 Å². The quantitative estimate of drug-likeness (QED) is 0.0326. The zero-order chi connectivity index (χ0) is 51.5. The summed E-state index contributed by atoms with van der Waals surface area (Å²) in [7, 11) is 3.43. The number of nitrogens with zero attached hydrogens (tertiary/aromatic N) is 10. The van der Waals surface area contributed by atoms with Crippen LogP contribution in [0.5, 0.6) is 0 Å². The first-order valence-electron chi connectivity index (χ1n) is 21.3. The number of pyridine rings is 3. The number of esters is 3. The highest BCUT2D eigenvalue weighted by molar-refractivity contribution is 7.19. The number of hydrogen-bond donors (Lipinski definition) is 0.